The molecule has 2 fully saturated rings. The number of hydrogen-bond donors (Lipinski definition) is 1. The molecule has 2 heteroatoms. The minimum atomic E-state index is 0.485. The standard InChI is InChI=1S/C14H27NO/c1-3-11-7-8-13(15-4-2)14(9-11)16-10-12-5-6-12/h11-15H,3-10H2,1-2H3. The van der Waals surface area contributed by atoms with Crippen molar-refractivity contribution in [2.24, 2.45) is 11.8 Å². The van der Waals surface area contributed by atoms with E-state index in [1.54, 1.807) is 0 Å². The van der Waals surface area contributed by atoms with Gasteiger partial charge in [-0.25, -0.2) is 0 Å². The zero-order chi connectivity index (χ0) is 11.4. The molecule has 0 spiro atoms. The molecule has 0 aromatic rings. The summed E-state index contributed by atoms with van der Waals surface area (Å²) in [4.78, 5) is 0. The molecule has 16 heavy (non-hydrogen) atoms. The highest BCUT2D eigenvalue weighted by molar-refractivity contribution is 4.86. The van der Waals surface area contributed by atoms with Crippen molar-refractivity contribution >= 4 is 0 Å². The summed E-state index contributed by atoms with van der Waals surface area (Å²) in [6.45, 7) is 6.60. The van der Waals surface area contributed by atoms with Gasteiger partial charge >= 0.3 is 0 Å². The third-order valence-electron chi connectivity index (χ3n) is 4.19. The Bertz CT molecular complexity index is 203. The fourth-order valence-corrected chi connectivity index (χ4v) is 2.81. The van der Waals surface area contributed by atoms with Crippen LogP contribution in [0.4, 0.5) is 0 Å². The summed E-state index contributed by atoms with van der Waals surface area (Å²) in [6.07, 6.45) is 8.58. The molecule has 0 aliphatic heterocycles. The van der Waals surface area contributed by atoms with E-state index in [9.17, 15) is 0 Å². The summed E-state index contributed by atoms with van der Waals surface area (Å²) >= 11 is 0. The number of hydrogen-bond acceptors (Lipinski definition) is 2. The summed E-state index contributed by atoms with van der Waals surface area (Å²) in [7, 11) is 0. The highest BCUT2D eigenvalue weighted by Crippen LogP contribution is 2.33. The molecular weight excluding hydrogens is 198 g/mol. The van der Waals surface area contributed by atoms with Crippen LogP contribution in [0.25, 0.3) is 0 Å². The van der Waals surface area contributed by atoms with Gasteiger partial charge in [-0.1, -0.05) is 20.3 Å². The van der Waals surface area contributed by atoms with Crippen LogP contribution in [0.3, 0.4) is 0 Å². The summed E-state index contributed by atoms with van der Waals surface area (Å²) in [5.74, 6) is 1.79. The molecule has 0 heterocycles. The Labute approximate surface area is 100 Å². The van der Waals surface area contributed by atoms with Crippen molar-refractivity contribution < 1.29 is 4.74 Å². The molecule has 0 aromatic carbocycles. The predicted molar refractivity (Wildman–Crippen MR) is 67.6 cm³/mol. The number of rotatable bonds is 6. The molecule has 0 saturated heterocycles. The minimum Gasteiger partial charge on any atom is -0.376 e. The second-order valence-corrected chi connectivity index (χ2v) is 5.57. The molecule has 3 atom stereocenters. The number of nitrogens with one attached hydrogen (secondary N) is 1. The molecule has 0 amide bonds. The van der Waals surface area contributed by atoms with Crippen LogP contribution < -0.4 is 5.32 Å². The van der Waals surface area contributed by atoms with Crippen LogP contribution in [-0.4, -0.2) is 25.3 Å². The van der Waals surface area contributed by atoms with Crippen LogP contribution >= 0.6 is 0 Å². The van der Waals surface area contributed by atoms with Crippen LogP contribution in [0.1, 0.15) is 52.4 Å². The zero-order valence-electron chi connectivity index (χ0n) is 10.9. The van der Waals surface area contributed by atoms with E-state index >= 15 is 0 Å². The first kappa shape index (κ1) is 12.4. The molecular formula is C14H27NO. The molecule has 0 aromatic heterocycles. The average molecular weight is 225 g/mol. The van der Waals surface area contributed by atoms with E-state index in [-0.39, 0.29) is 0 Å². The van der Waals surface area contributed by atoms with Crippen LogP contribution in [-0.2, 0) is 4.74 Å². The Balaban J connectivity index is 1.79. The van der Waals surface area contributed by atoms with Gasteiger partial charge in [0.1, 0.15) is 0 Å². The first-order chi connectivity index (χ1) is 7.83. The summed E-state index contributed by atoms with van der Waals surface area (Å²) in [6, 6.07) is 0.617. The highest BCUT2D eigenvalue weighted by Gasteiger charge is 2.31. The van der Waals surface area contributed by atoms with Gasteiger partial charge in [0, 0.05) is 12.6 Å². The van der Waals surface area contributed by atoms with E-state index in [1.165, 1.54) is 38.5 Å². The van der Waals surface area contributed by atoms with Crippen LogP contribution in [0, 0.1) is 11.8 Å². The smallest absolute Gasteiger partial charge is 0.0730 e. The Morgan fingerprint density at radius 2 is 1.81 bits per heavy atom. The maximum atomic E-state index is 6.14. The Morgan fingerprint density at radius 3 is 2.44 bits per heavy atom. The van der Waals surface area contributed by atoms with Gasteiger partial charge in [0.25, 0.3) is 0 Å². The molecule has 1 N–H and O–H groups in total. The fraction of sp³-hybridized carbons (Fsp3) is 1.00. The third-order valence-corrected chi connectivity index (χ3v) is 4.19. The quantitative estimate of drug-likeness (QED) is 0.750. The molecule has 2 nitrogen and oxygen atoms in total. The molecule has 0 bridgehead atoms. The molecule has 0 radical (unpaired) electrons. The van der Waals surface area contributed by atoms with Gasteiger partial charge in [-0.2, -0.15) is 0 Å². The Morgan fingerprint density at radius 1 is 1.06 bits per heavy atom. The lowest BCUT2D eigenvalue weighted by Crippen LogP contribution is -2.45. The number of ether oxygens (including phenoxy) is 1. The van der Waals surface area contributed by atoms with Crippen LogP contribution in [0.5, 0.6) is 0 Å². The largest absolute Gasteiger partial charge is 0.376 e. The van der Waals surface area contributed by atoms with Crippen LogP contribution in [0.2, 0.25) is 0 Å². The van der Waals surface area contributed by atoms with E-state index in [1.807, 2.05) is 0 Å². The van der Waals surface area contributed by atoms with E-state index in [2.05, 4.69) is 19.2 Å². The Kier molecular flexibility index (Phi) is 4.66. The van der Waals surface area contributed by atoms with E-state index in [4.69, 9.17) is 4.74 Å². The highest BCUT2D eigenvalue weighted by atomic mass is 16.5. The molecule has 94 valence electrons. The van der Waals surface area contributed by atoms with Gasteiger partial charge in [-0.05, 0) is 50.5 Å². The second kappa shape index (κ2) is 6.02. The zero-order valence-corrected chi connectivity index (χ0v) is 10.9. The second-order valence-electron chi connectivity index (χ2n) is 5.57. The van der Waals surface area contributed by atoms with Crippen molar-refractivity contribution in [1.82, 2.24) is 5.32 Å². The van der Waals surface area contributed by atoms with Gasteiger partial charge in [0.2, 0.25) is 0 Å². The lowest BCUT2D eigenvalue weighted by atomic mass is 9.82. The SMILES string of the molecule is CCNC1CCC(CC)CC1OCC1CC1. The lowest BCUT2D eigenvalue weighted by molar-refractivity contribution is -0.0148. The molecule has 3 unspecified atom stereocenters. The van der Waals surface area contributed by atoms with Crippen molar-refractivity contribution in [3.63, 3.8) is 0 Å². The molecule has 2 aliphatic carbocycles. The van der Waals surface area contributed by atoms with Crippen molar-refractivity contribution in [2.45, 2.75) is 64.5 Å². The van der Waals surface area contributed by atoms with E-state index in [0.29, 0.717) is 12.1 Å². The van der Waals surface area contributed by atoms with Crippen molar-refractivity contribution in [3.05, 3.63) is 0 Å². The van der Waals surface area contributed by atoms with Gasteiger partial charge in [-0.3, -0.25) is 0 Å². The monoisotopic (exact) mass is 225 g/mol. The predicted octanol–water partition coefficient (Wildman–Crippen LogP) is 2.97. The van der Waals surface area contributed by atoms with Gasteiger partial charge in [0.05, 0.1) is 6.10 Å². The topological polar surface area (TPSA) is 21.3 Å². The summed E-state index contributed by atoms with van der Waals surface area (Å²) in [5.41, 5.74) is 0. The average Bonchev–Trinajstić information content (AvgIpc) is 3.12. The van der Waals surface area contributed by atoms with E-state index in [0.717, 1.165) is 25.0 Å². The fourth-order valence-electron chi connectivity index (χ4n) is 2.81. The number of likely N-dealkylation sites (N-methyl/N-ethyl adjacent to an activating group) is 1. The first-order valence-electron chi connectivity index (χ1n) is 7.18. The van der Waals surface area contributed by atoms with Gasteiger partial charge in [-0.15, -0.1) is 0 Å². The Hall–Kier alpha value is -0.0800. The molecule has 2 rings (SSSR count). The van der Waals surface area contributed by atoms with Crippen molar-refractivity contribution in [2.75, 3.05) is 13.2 Å². The lowest BCUT2D eigenvalue weighted by Gasteiger charge is -2.36. The molecule has 2 saturated carbocycles. The maximum Gasteiger partial charge on any atom is 0.0730 e. The van der Waals surface area contributed by atoms with Gasteiger partial charge in [0.15, 0.2) is 0 Å². The van der Waals surface area contributed by atoms with Crippen LogP contribution in [0.15, 0.2) is 0 Å². The van der Waals surface area contributed by atoms with Crippen molar-refractivity contribution in [1.29, 1.82) is 0 Å². The summed E-state index contributed by atoms with van der Waals surface area (Å²) in [5, 5.41) is 3.60. The maximum absolute atomic E-state index is 6.14. The minimum absolute atomic E-state index is 0.485. The molecule has 2 aliphatic rings. The van der Waals surface area contributed by atoms with Crippen molar-refractivity contribution in [3.8, 4) is 0 Å². The van der Waals surface area contributed by atoms with E-state index < -0.39 is 0 Å². The third kappa shape index (κ3) is 3.46. The normalized spacial score (nSPS) is 35.2. The first-order valence-corrected chi connectivity index (χ1v) is 7.18. The van der Waals surface area contributed by atoms with Gasteiger partial charge < -0.3 is 10.1 Å². The summed E-state index contributed by atoms with van der Waals surface area (Å²) < 4.78 is 6.14.